The number of methoxy groups -OCH3 is 1. The molecule has 184 valence electrons. The third-order valence-electron chi connectivity index (χ3n) is 5.22. The highest BCUT2D eigenvalue weighted by Crippen LogP contribution is 2.18. The van der Waals surface area contributed by atoms with E-state index < -0.39 is 35.5 Å². The Morgan fingerprint density at radius 3 is 2.51 bits per heavy atom. The number of halogens is 1. The molecule has 10 nitrogen and oxygen atoms in total. The zero-order valence-electron chi connectivity index (χ0n) is 19.2. The first-order chi connectivity index (χ1) is 16.7. The van der Waals surface area contributed by atoms with Gasteiger partial charge in [-0.15, -0.1) is 0 Å². The van der Waals surface area contributed by atoms with Crippen LogP contribution in [0.4, 0.5) is 15.9 Å². The number of amides is 1. The minimum Gasteiger partial charge on any atom is -0.452 e. The van der Waals surface area contributed by atoms with E-state index in [1.807, 2.05) is 6.07 Å². The van der Waals surface area contributed by atoms with Crippen LogP contribution in [0, 0.1) is 12.7 Å². The van der Waals surface area contributed by atoms with Crippen LogP contribution in [0.5, 0.6) is 0 Å². The highest BCUT2D eigenvalue weighted by atomic mass is 19.1. The van der Waals surface area contributed by atoms with Crippen molar-refractivity contribution in [2.45, 2.75) is 13.5 Å². The Balaban J connectivity index is 1.89. The number of hydrogen-bond donors (Lipinski definition) is 2. The summed E-state index contributed by atoms with van der Waals surface area (Å²) >= 11 is 0. The van der Waals surface area contributed by atoms with E-state index in [-0.39, 0.29) is 36.8 Å². The first-order valence-electron chi connectivity index (χ1n) is 10.6. The highest BCUT2D eigenvalue weighted by Gasteiger charge is 2.25. The van der Waals surface area contributed by atoms with Crippen LogP contribution < -0.4 is 21.9 Å². The van der Waals surface area contributed by atoms with Crippen molar-refractivity contribution < 1.29 is 23.5 Å². The van der Waals surface area contributed by atoms with Crippen molar-refractivity contribution in [2.24, 2.45) is 0 Å². The van der Waals surface area contributed by atoms with Gasteiger partial charge in [0.25, 0.3) is 11.5 Å². The number of nitrogens with two attached hydrogens (primary N) is 1. The molecule has 35 heavy (non-hydrogen) atoms. The van der Waals surface area contributed by atoms with Crippen LogP contribution in [0.15, 0.2) is 58.1 Å². The summed E-state index contributed by atoms with van der Waals surface area (Å²) < 4.78 is 25.0. The van der Waals surface area contributed by atoms with Crippen molar-refractivity contribution >= 4 is 23.4 Å². The Morgan fingerprint density at radius 2 is 1.86 bits per heavy atom. The number of carbonyl (C=O) groups is 2. The molecule has 11 heteroatoms. The number of anilines is 2. The second-order valence-corrected chi connectivity index (χ2v) is 7.64. The third kappa shape index (κ3) is 6.01. The summed E-state index contributed by atoms with van der Waals surface area (Å²) in [7, 11) is 1.40. The first kappa shape index (κ1) is 25.4. The van der Waals surface area contributed by atoms with E-state index in [1.54, 1.807) is 31.2 Å². The Hall–Kier alpha value is -4.25. The quantitative estimate of drug-likeness (QED) is 0.439. The second-order valence-electron chi connectivity index (χ2n) is 7.64. The molecule has 0 radical (unpaired) electrons. The number of aryl methyl sites for hydroxylation is 1. The number of aromatic nitrogens is 2. The van der Waals surface area contributed by atoms with Crippen LogP contribution in [0.1, 0.15) is 21.5 Å². The van der Waals surface area contributed by atoms with Crippen molar-refractivity contribution in [1.82, 2.24) is 9.55 Å². The Kier molecular flexibility index (Phi) is 8.16. The average molecular weight is 484 g/mol. The van der Waals surface area contributed by atoms with Gasteiger partial charge >= 0.3 is 11.7 Å². The molecule has 1 heterocycles. The fourth-order valence-electron chi connectivity index (χ4n) is 3.31. The van der Waals surface area contributed by atoms with E-state index in [4.69, 9.17) is 15.2 Å². The predicted molar refractivity (Wildman–Crippen MR) is 127 cm³/mol. The van der Waals surface area contributed by atoms with E-state index in [0.29, 0.717) is 5.56 Å². The molecule has 2 aromatic carbocycles. The number of ether oxygens (including phenoxy) is 2. The molecule has 3 rings (SSSR count). The normalized spacial score (nSPS) is 10.7. The molecule has 0 fully saturated rings. The number of rotatable bonds is 9. The largest absolute Gasteiger partial charge is 0.452 e. The van der Waals surface area contributed by atoms with Crippen LogP contribution in [0.2, 0.25) is 0 Å². The standard InChI is InChI=1S/C24H25FN4O6/c1-15-8-9-17(12-18(15)25)23(32)35-14-19(30)28(10-11-34-2)20-21(26)29(24(33)27-22(20)31)13-16-6-4-3-5-7-16/h3-9,12H,10-11,13-14,26H2,1-2H3,(H,27,31,33). The maximum Gasteiger partial charge on any atom is 0.338 e. The van der Waals surface area contributed by atoms with Crippen molar-refractivity contribution in [1.29, 1.82) is 0 Å². The molecule has 0 aliphatic carbocycles. The van der Waals surface area contributed by atoms with Crippen LogP contribution in [-0.4, -0.2) is 48.3 Å². The smallest absolute Gasteiger partial charge is 0.338 e. The van der Waals surface area contributed by atoms with Crippen LogP contribution >= 0.6 is 0 Å². The zero-order chi connectivity index (χ0) is 25.5. The van der Waals surface area contributed by atoms with Gasteiger partial charge < -0.3 is 15.2 Å². The van der Waals surface area contributed by atoms with Crippen molar-refractivity contribution in [3.8, 4) is 0 Å². The average Bonchev–Trinajstić information content (AvgIpc) is 2.84. The highest BCUT2D eigenvalue weighted by molar-refractivity contribution is 5.98. The Morgan fingerprint density at radius 1 is 1.14 bits per heavy atom. The monoisotopic (exact) mass is 484 g/mol. The lowest BCUT2D eigenvalue weighted by molar-refractivity contribution is -0.121. The van der Waals surface area contributed by atoms with Gasteiger partial charge in [-0.3, -0.25) is 24.0 Å². The van der Waals surface area contributed by atoms with Crippen molar-refractivity contribution in [3.63, 3.8) is 0 Å². The van der Waals surface area contributed by atoms with Crippen LogP contribution in [0.3, 0.4) is 0 Å². The van der Waals surface area contributed by atoms with E-state index >= 15 is 0 Å². The van der Waals surface area contributed by atoms with Gasteiger partial charge in [0.2, 0.25) is 0 Å². The number of carbonyl (C=O) groups excluding carboxylic acids is 2. The molecule has 0 saturated heterocycles. The minimum atomic E-state index is -0.917. The number of esters is 1. The molecule has 1 amide bonds. The lowest BCUT2D eigenvalue weighted by Crippen LogP contribution is -2.44. The summed E-state index contributed by atoms with van der Waals surface area (Å²) in [6.07, 6.45) is 0. The fourth-order valence-corrected chi connectivity index (χ4v) is 3.31. The molecule has 3 aromatic rings. The molecule has 0 aliphatic heterocycles. The summed E-state index contributed by atoms with van der Waals surface area (Å²) in [5.74, 6) is -2.53. The Bertz CT molecular complexity index is 1340. The topological polar surface area (TPSA) is 137 Å². The zero-order valence-corrected chi connectivity index (χ0v) is 19.2. The van der Waals surface area contributed by atoms with Gasteiger partial charge in [0, 0.05) is 13.7 Å². The van der Waals surface area contributed by atoms with E-state index in [9.17, 15) is 23.6 Å². The summed E-state index contributed by atoms with van der Waals surface area (Å²) in [4.78, 5) is 53.6. The lowest BCUT2D eigenvalue weighted by Gasteiger charge is -2.24. The molecular formula is C24H25FN4O6. The van der Waals surface area contributed by atoms with Gasteiger partial charge in [-0.2, -0.15) is 0 Å². The number of nitrogens with one attached hydrogen (secondary N) is 1. The van der Waals surface area contributed by atoms with Gasteiger partial charge in [0.05, 0.1) is 18.7 Å². The molecular weight excluding hydrogens is 459 g/mol. The number of hydrogen-bond acceptors (Lipinski definition) is 7. The number of aromatic amines is 1. The van der Waals surface area contributed by atoms with Crippen molar-refractivity contribution in [2.75, 3.05) is 37.5 Å². The number of H-pyrrole nitrogens is 1. The number of benzene rings is 2. The third-order valence-corrected chi connectivity index (χ3v) is 5.22. The van der Waals surface area contributed by atoms with Gasteiger partial charge in [-0.1, -0.05) is 36.4 Å². The van der Waals surface area contributed by atoms with Crippen LogP contribution in [-0.2, 0) is 20.8 Å². The maximum atomic E-state index is 13.8. The minimum absolute atomic E-state index is 0.0273. The SMILES string of the molecule is COCCN(C(=O)COC(=O)c1ccc(C)c(F)c1)c1c(N)n(Cc2ccccc2)c(=O)[nH]c1=O. The Labute approximate surface area is 199 Å². The summed E-state index contributed by atoms with van der Waals surface area (Å²) in [6.45, 7) is 0.757. The van der Waals surface area contributed by atoms with Crippen molar-refractivity contribution in [3.05, 3.63) is 91.9 Å². The first-order valence-corrected chi connectivity index (χ1v) is 10.6. The molecule has 0 aliphatic rings. The van der Waals surface area contributed by atoms with E-state index in [0.717, 1.165) is 21.1 Å². The summed E-state index contributed by atoms with van der Waals surface area (Å²) in [5, 5.41) is 0. The molecule has 0 spiro atoms. The number of nitrogen functional groups attached to an aromatic ring is 1. The molecule has 3 N–H and O–H groups in total. The van der Waals surface area contributed by atoms with Gasteiger partial charge in [0.15, 0.2) is 12.3 Å². The molecule has 0 bridgehead atoms. The molecule has 1 aromatic heterocycles. The summed E-state index contributed by atoms with van der Waals surface area (Å²) in [5.41, 5.74) is 5.30. The van der Waals surface area contributed by atoms with E-state index in [2.05, 4.69) is 4.98 Å². The molecule has 0 atom stereocenters. The fraction of sp³-hybridized carbons (Fsp3) is 0.250. The summed E-state index contributed by atoms with van der Waals surface area (Å²) in [6, 6.07) is 12.7. The predicted octanol–water partition coefficient (Wildman–Crippen LogP) is 1.45. The van der Waals surface area contributed by atoms with Gasteiger partial charge in [-0.25, -0.2) is 14.0 Å². The molecule has 0 unspecified atom stereocenters. The van der Waals surface area contributed by atoms with E-state index in [1.165, 1.54) is 19.2 Å². The lowest BCUT2D eigenvalue weighted by atomic mass is 10.1. The maximum absolute atomic E-state index is 13.8. The number of nitrogens with zero attached hydrogens (tertiary/aromatic N) is 2. The second kappa shape index (κ2) is 11.3. The van der Waals surface area contributed by atoms with Crippen LogP contribution in [0.25, 0.3) is 0 Å². The van der Waals surface area contributed by atoms with Gasteiger partial charge in [-0.05, 0) is 30.2 Å². The van der Waals surface area contributed by atoms with Gasteiger partial charge in [0.1, 0.15) is 11.6 Å². The molecule has 0 saturated carbocycles.